The normalized spacial score (nSPS) is 10.6. The molecule has 0 saturated carbocycles. The topological polar surface area (TPSA) is 39.7 Å². The molecule has 0 aliphatic carbocycles. The summed E-state index contributed by atoms with van der Waals surface area (Å²) in [5.74, 6) is 1.20. The van der Waals surface area contributed by atoms with Gasteiger partial charge in [-0.2, -0.15) is 0 Å². The maximum Gasteiger partial charge on any atom is 0.179 e. The van der Waals surface area contributed by atoms with Crippen LogP contribution in [-0.2, 0) is 24.4 Å². The molecule has 0 atom stereocenters. The van der Waals surface area contributed by atoms with Crippen LogP contribution in [0.5, 0.6) is 11.5 Å². The molecule has 0 radical (unpaired) electrons. The molecule has 0 heterocycles. The minimum atomic E-state index is 0.565. The third-order valence-corrected chi connectivity index (χ3v) is 3.93. The second kappa shape index (κ2) is 8.77. The van der Waals surface area contributed by atoms with E-state index in [1.807, 2.05) is 18.2 Å². The molecule has 0 aliphatic heterocycles. The van der Waals surface area contributed by atoms with Crippen LogP contribution in [0.15, 0.2) is 36.4 Å². The summed E-state index contributed by atoms with van der Waals surface area (Å²) in [5, 5.41) is 3.97. The van der Waals surface area contributed by atoms with Crippen molar-refractivity contribution in [2.45, 2.75) is 19.7 Å². The Bertz CT molecular complexity index is 646. The van der Waals surface area contributed by atoms with Gasteiger partial charge in [-0.05, 0) is 22.8 Å². The van der Waals surface area contributed by atoms with E-state index in [1.165, 1.54) is 5.56 Å². The monoisotopic (exact) mass is 335 g/mol. The number of halogens is 1. The fourth-order valence-corrected chi connectivity index (χ4v) is 2.70. The summed E-state index contributed by atoms with van der Waals surface area (Å²) in [6.07, 6.45) is 0. The third-order valence-electron chi connectivity index (χ3n) is 3.51. The van der Waals surface area contributed by atoms with Crippen molar-refractivity contribution in [3.8, 4) is 11.5 Å². The van der Waals surface area contributed by atoms with Crippen LogP contribution in [0.4, 0.5) is 0 Å². The molecule has 0 unspecified atom stereocenters. The van der Waals surface area contributed by atoms with Crippen molar-refractivity contribution in [2.24, 2.45) is 0 Å². The van der Waals surface area contributed by atoms with E-state index in [0.29, 0.717) is 29.7 Å². The van der Waals surface area contributed by atoms with Crippen LogP contribution >= 0.6 is 11.6 Å². The van der Waals surface area contributed by atoms with E-state index in [2.05, 4.69) is 23.5 Å². The van der Waals surface area contributed by atoms with Gasteiger partial charge in [-0.1, -0.05) is 41.9 Å². The zero-order valence-corrected chi connectivity index (χ0v) is 14.4. The summed E-state index contributed by atoms with van der Waals surface area (Å²) in [4.78, 5) is 0. The molecule has 0 aliphatic rings. The zero-order chi connectivity index (χ0) is 16.7. The molecule has 2 rings (SSSR count). The number of ether oxygens (including phenoxy) is 3. The van der Waals surface area contributed by atoms with Crippen LogP contribution in [0, 0.1) is 0 Å². The van der Waals surface area contributed by atoms with Gasteiger partial charge in [0.2, 0.25) is 0 Å². The smallest absolute Gasteiger partial charge is 0.179 e. The van der Waals surface area contributed by atoms with Crippen molar-refractivity contribution in [2.75, 3.05) is 21.3 Å². The van der Waals surface area contributed by atoms with E-state index in [1.54, 1.807) is 21.3 Å². The first-order chi connectivity index (χ1) is 11.2. The molecular weight excluding hydrogens is 314 g/mol. The molecule has 0 fully saturated rings. The molecule has 0 amide bonds. The van der Waals surface area contributed by atoms with Gasteiger partial charge in [-0.25, -0.2) is 0 Å². The highest BCUT2D eigenvalue weighted by molar-refractivity contribution is 6.33. The van der Waals surface area contributed by atoms with Gasteiger partial charge in [0.1, 0.15) is 0 Å². The maximum atomic E-state index is 6.38. The van der Waals surface area contributed by atoms with E-state index >= 15 is 0 Å². The van der Waals surface area contributed by atoms with Crippen molar-refractivity contribution in [1.29, 1.82) is 0 Å². The quantitative estimate of drug-likeness (QED) is 0.796. The summed E-state index contributed by atoms with van der Waals surface area (Å²) < 4.78 is 15.7. The van der Waals surface area contributed by atoms with Crippen LogP contribution < -0.4 is 14.8 Å². The summed E-state index contributed by atoms with van der Waals surface area (Å²) in [6.45, 7) is 2.02. The average molecular weight is 336 g/mol. The lowest BCUT2D eigenvalue weighted by Crippen LogP contribution is -2.13. The van der Waals surface area contributed by atoms with Crippen molar-refractivity contribution in [1.82, 2.24) is 5.32 Å². The van der Waals surface area contributed by atoms with Crippen molar-refractivity contribution < 1.29 is 14.2 Å². The molecule has 5 heteroatoms. The molecular formula is C18H22ClNO3. The van der Waals surface area contributed by atoms with E-state index in [0.717, 1.165) is 17.7 Å². The zero-order valence-electron chi connectivity index (χ0n) is 13.7. The fourth-order valence-electron chi connectivity index (χ4n) is 2.40. The summed E-state index contributed by atoms with van der Waals surface area (Å²) in [7, 11) is 4.88. The van der Waals surface area contributed by atoms with Crippen LogP contribution in [0.2, 0.25) is 5.02 Å². The lowest BCUT2D eigenvalue weighted by Gasteiger charge is -2.13. The number of rotatable bonds is 8. The van der Waals surface area contributed by atoms with Crippen LogP contribution in [0.3, 0.4) is 0 Å². The first-order valence-electron chi connectivity index (χ1n) is 7.36. The number of benzene rings is 2. The van der Waals surface area contributed by atoms with Gasteiger partial charge in [0, 0.05) is 20.2 Å². The van der Waals surface area contributed by atoms with Crippen molar-refractivity contribution in [3.63, 3.8) is 0 Å². The Morgan fingerprint density at radius 3 is 2.43 bits per heavy atom. The summed E-state index contributed by atoms with van der Waals surface area (Å²) in [5.41, 5.74) is 3.34. The van der Waals surface area contributed by atoms with Gasteiger partial charge in [0.25, 0.3) is 0 Å². The largest absolute Gasteiger partial charge is 0.493 e. The first-order valence-corrected chi connectivity index (χ1v) is 7.74. The molecule has 2 aromatic carbocycles. The predicted molar refractivity (Wildman–Crippen MR) is 92.3 cm³/mol. The average Bonchev–Trinajstić information content (AvgIpc) is 2.56. The standard InChI is InChI=1S/C18H22ClNO3/c1-21-12-14-6-4-5-13(9-14)10-20-11-15-7-8-16(22-2)18(23-3)17(15)19/h4-9,20H,10-12H2,1-3H3. The van der Waals surface area contributed by atoms with Gasteiger partial charge in [-0.3, -0.25) is 0 Å². The Morgan fingerprint density at radius 2 is 1.74 bits per heavy atom. The van der Waals surface area contributed by atoms with Gasteiger partial charge in [0.15, 0.2) is 11.5 Å². The minimum absolute atomic E-state index is 0.565. The second-order valence-corrected chi connectivity index (χ2v) is 5.51. The van der Waals surface area contributed by atoms with Gasteiger partial charge in [0.05, 0.1) is 25.8 Å². The van der Waals surface area contributed by atoms with E-state index in [9.17, 15) is 0 Å². The van der Waals surface area contributed by atoms with Gasteiger partial charge >= 0.3 is 0 Å². The molecule has 0 aromatic heterocycles. The Hall–Kier alpha value is -1.75. The molecule has 0 bridgehead atoms. The highest BCUT2D eigenvalue weighted by Crippen LogP contribution is 2.37. The fraction of sp³-hybridized carbons (Fsp3) is 0.333. The van der Waals surface area contributed by atoms with E-state index in [4.69, 9.17) is 25.8 Å². The van der Waals surface area contributed by atoms with Crippen LogP contribution in [0.25, 0.3) is 0 Å². The second-order valence-electron chi connectivity index (χ2n) is 5.13. The summed E-state index contributed by atoms with van der Waals surface area (Å²) in [6, 6.07) is 12.1. The van der Waals surface area contributed by atoms with Crippen molar-refractivity contribution in [3.05, 3.63) is 58.1 Å². The Labute approximate surface area is 142 Å². The molecule has 124 valence electrons. The molecule has 4 nitrogen and oxygen atoms in total. The highest BCUT2D eigenvalue weighted by Gasteiger charge is 2.12. The highest BCUT2D eigenvalue weighted by atomic mass is 35.5. The Balaban J connectivity index is 2.00. The predicted octanol–water partition coefficient (Wildman–Crippen LogP) is 3.79. The van der Waals surface area contributed by atoms with Crippen LogP contribution in [0.1, 0.15) is 16.7 Å². The molecule has 0 saturated heterocycles. The molecule has 23 heavy (non-hydrogen) atoms. The lowest BCUT2D eigenvalue weighted by atomic mass is 10.1. The van der Waals surface area contributed by atoms with Crippen molar-refractivity contribution >= 4 is 11.6 Å². The lowest BCUT2D eigenvalue weighted by molar-refractivity contribution is 0.185. The number of hydrogen-bond donors (Lipinski definition) is 1. The SMILES string of the molecule is COCc1cccc(CNCc2ccc(OC)c(OC)c2Cl)c1. The van der Waals surface area contributed by atoms with Gasteiger partial charge < -0.3 is 19.5 Å². The van der Waals surface area contributed by atoms with Gasteiger partial charge in [-0.15, -0.1) is 0 Å². The van der Waals surface area contributed by atoms with Crippen LogP contribution in [-0.4, -0.2) is 21.3 Å². The first kappa shape index (κ1) is 17.6. The minimum Gasteiger partial charge on any atom is -0.493 e. The third kappa shape index (κ3) is 4.61. The maximum absolute atomic E-state index is 6.38. The number of hydrogen-bond acceptors (Lipinski definition) is 4. The van der Waals surface area contributed by atoms with E-state index < -0.39 is 0 Å². The summed E-state index contributed by atoms with van der Waals surface area (Å²) >= 11 is 6.38. The number of nitrogens with one attached hydrogen (secondary N) is 1. The Morgan fingerprint density at radius 1 is 0.957 bits per heavy atom. The number of methoxy groups -OCH3 is 3. The van der Waals surface area contributed by atoms with E-state index in [-0.39, 0.29) is 0 Å². The molecule has 2 aromatic rings. The molecule has 1 N–H and O–H groups in total. The molecule has 0 spiro atoms. The Kier molecular flexibility index (Phi) is 6.71.